The van der Waals surface area contributed by atoms with E-state index in [1.165, 1.54) is 4.57 Å². The van der Waals surface area contributed by atoms with Gasteiger partial charge in [0.1, 0.15) is 11.6 Å². The first kappa shape index (κ1) is 23.4. The number of imidazole rings is 1. The number of H-pyrrole nitrogens is 1. The molecule has 0 saturated heterocycles. The molecule has 36 heavy (non-hydrogen) atoms. The lowest BCUT2D eigenvalue weighted by Crippen LogP contribution is -2.47. The molecule has 3 heterocycles. The fourth-order valence-corrected chi connectivity index (χ4v) is 4.58. The predicted octanol–water partition coefficient (Wildman–Crippen LogP) is 1.99. The van der Waals surface area contributed by atoms with E-state index in [0.717, 1.165) is 24.1 Å². The van der Waals surface area contributed by atoms with E-state index in [1.807, 2.05) is 58.0 Å². The number of primary amides is 1. The second-order valence-corrected chi connectivity index (χ2v) is 8.89. The number of benzene rings is 2. The number of ether oxygens (including phenoxy) is 1. The zero-order valence-electron chi connectivity index (χ0n) is 20.0. The second kappa shape index (κ2) is 9.73. The van der Waals surface area contributed by atoms with Gasteiger partial charge in [-0.3, -0.25) is 19.1 Å². The Labute approximate surface area is 206 Å². The van der Waals surface area contributed by atoms with Gasteiger partial charge in [0.15, 0.2) is 17.3 Å². The minimum Gasteiger partial charge on any atom is -0.477 e. The molecule has 0 fully saturated rings. The number of anilines is 1. The first-order chi connectivity index (χ1) is 17.5. The Morgan fingerprint density at radius 3 is 2.58 bits per heavy atom. The molecule has 3 N–H and O–H groups in total. The molecule has 0 radical (unpaired) electrons. The Hall–Kier alpha value is -4.34. The summed E-state index contributed by atoms with van der Waals surface area (Å²) < 4.78 is 9.17. The highest BCUT2D eigenvalue weighted by molar-refractivity contribution is 5.81. The highest BCUT2D eigenvalue weighted by Crippen LogP contribution is 2.34. The molecule has 0 aliphatic carbocycles. The maximum absolute atomic E-state index is 13.0. The lowest BCUT2D eigenvalue weighted by atomic mass is 10.2. The third kappa shape index (κ3) is 4.37. The predicted molar refractivity (Wildman–Crippen MR) is 136 cm³/mol. The molecule has 1 aliphatic heterocycles. The van der Waals surface area contributed by atoms with Crippen LogP contribution in [0.5, 0.6) is 5.75 Å². The fourth-order valence-electron chi connectivity index (χ4n) is 4.58. The monoisotopic (exact) mass is 488 g/mol. The van der Waals surface area contributed by atoms with E-state index in [9.17, 15) is 14.4 Å². The molecular formula is C26H28N6O4. The van der Waals surface area contributed by atoms with Crippen LogP contribution in [0.1, 0.15) is 31.2 Å². The molecule has 2 aromatic carbocycles. The quantitative estimate of drug-likeness (QED) is 0.390. The van der Waals surface area contributed by atoms with Crippen LogP contribution in [0, 0.1) is 0 Å². The standard InChI is InChI=1S/C26H28N6O4/c1-2-3-13-31-21(16-30-15-20(23(27)33)36-19-12-8-7-11-18(19)30)28-24-22(31)25(34)29-26(35)32(24)14-17-9-5-4-6-10-17/h4-12,20H,2-3,13-16H2,1H3,(H2,27,33)(H,29,34,35)/t20-/m0/s1. The Kier molecular flexibility index (Phi) is 6.32. The molecule has 1 atom stereocenters. The van der Waals surface area contributed by atoms with Gasteiger partial charge < -0.3 is 19.9 Å². The van der Waals surface area contributed by atoms with Crippen molar-refractivity contribution in [3.8, 4) is 5.75 Å². The number of carbonyl (C=O) groups excluding carboxylic acids is 1. The van der Waals surface area contributed by atoms with Crippen LogP contribution in [-0.4, -0.2) is 37.7 Å². The van der Waals surface area contributed by atoms with Gasteiger partial charge in [0.05, 0.1) is 25.3 Å². The maximum Gasteiger partial charge on any atom is 0.330 e. The van der Waals surface area contributed by atoms with Gasteiger partial charge in [0, 0.05) is 6.54 Å². The number of rotatable bonds is 8. The molecule has 10 heteroatoms. The zero-order valence-corrected chi connectivity index (χ0v) is 20.0. The number of aromatic nitrogens is 4. The lowest BCUT2D eigenvalue weighted by Gasteiger charge is -2.34. The molecule has 1 aliphatic rings. The highest BCUT2D eigenvalue weighted by Gasteiger charge is 2.30. The van der Waals surface area contributed by atoms with Crippen LogP contribution in [0.4, 0.5) is 5.69 Å². The summed E-state index contributed by atoms with van der Waals surface area (Å²) in [7, 11) is 0. The number of para-hydroxylation sites is 2. The molecule has 5 rings (SSSR count). The van der Waals surface area contributed by atoms with Crippen molar-refractivity contribution in [2.24, 2.45) is 5.73 Å². The van der Waals surface area contributed by atoms with E-state index in [4.69, 9.17) is 15.5 Å². The van der Waals surface area contributed by atoms with Crippen LogP contribution < -0.4 is 26.6 Å². The Morgan fingerprint density at radius 1 is 1.08 bits per heavy atom. The van der Waals surface area contributed by atoms with Crippen molar-refractivity contribution in [1.82, 2.24) is 19.1 Å². The molecule has 1 amide bonds. The third-order valence-electron chi connectivity index (χ3n) is 6.39. The molecule has 186 valence electrons. The number of nitrogens with zero attached hydrogens (tertiary/aromatic N) is 4. The van der Waals surface area contributed by atoms with Crippen molar-refractivity contribution in [1.29, 1.82) is 0 Å². The van der Waals surface area contributed by atoms with Gasteiger partial charge in [-0.1, -0.05) is 55.8 Å². The Morgan fingerprint density at radius 2 is 1.83 bits per heavy atom. The van der Waals surface area contributed by atoms with Crippen LogP contribution >= 0.6 is 0 Å². The van der Waals surface area contributed by atoms with Crippen molar-refractivity contribution < 1.29 is 9.53 Å². The maximum atomic E-state index is 13.0. The summed E-state index contributed by atoms with van der Waals surface area (Å²) in [5.74, 6) is 0.626. The van der Waals surface area contributed by atoms with Crippen LogP contribution in [0.15, 0.2) is 64.2 Å². The fraction of sp³-hybridized carbons (Fsp3) is 0.308. The van der Waals surface area contributed by atoms with Crippen LogP contribution in [0.25, 0.3) is 11.2 Å². The third-order valence-corrected chi connectivity index (χ3v) is 6.39. The topological polar surface area (TPSA) is 128 Å². The van der Waals surface area contributed by atoms with E-state index in [1.54, 1.807) is 6.07 Å². The van der Waals surface area contributed by atoms with E-state index in [0.29, 0.717) is 35.8 Å². The van der Waals surface area contributed by atoms with Gasteiger partial charge in [-0.2, -0.15) is 0 Å². The summed E-state index contributed by atoms with van der Waals surface area (Å²) in [5, 5.41) is 0. The van der Waals surface area contributed by atoms with Crippen LogP contribution in [0.3, 0.4) is 0 Å². The number of carbonyl (C=O) groups is 1. The number of unbranched alkanes of at least 4 members (excludes halogenated alkanes) is 1. The Balaban J connectivity index is 1.63. The smallest absolute Gasteiger partial charge is 0.330 e. The number of amides is 1. The lowest BCUT2D eigenvalue weighted by molar-refractivity contribution is -0.124. The van der Waals surface area contributed by atoms with Crippen molar-refractivity contribution in [3.63, 3.8) is 0 Å². The molecule has 2 aromatic heterocycles. The number of aryl methyl sites for hydroxylation is 1. The van der Waals surface area contributed by atoms with Crippen LogP contribution in [0.2, 0.25) is 0 Å². The zero-order chi connectivity index (χ0) is 25.2. The minimum atomic E-state index is -0.812. The molecule has 0 spiro atoms. The van der Waals surface area contributed by atoms with Gasteiger partial charge in [0.25, 0.3) is 11.5 Å². The first-order valence-electron chi connectivity index (χ1n) is 12.0. The van der Waals surface area contributed by atoms with E-state index >= 15 is 0 Å². The summed E-state index contributed by atoms with van der Waals surface area (Å²) in [5.41, 5.74) is 7.03. The number of nitrogens with one attached hydrogen (secondary N) is 1. The van der Waals surface area contributed by atoms with Gasteiger partial charge in [0.2, 0.25) is 0 Å². The summed E-state index contributed by atoms with van der Waals surface area (Å²) in [6, 6.07) is 17.0. The number of aromatic amines is 1. The molecular weight excluding hydrogens is 460 g/mol. The SMILES string of the molecule is CCCCn1c(CN2C[C@@H](C(N)=O)Oc3ccccc32)nc2c1c(=O)[nH]c(=O)n2Cc1ccccc1. The van der Waals surface area contributed by atoms with Gasteiger partial charge >= 0.3 is 5.69 Å². The number of fused-ring (bicyclic) bond motifs is 2. The van der Waals surface area contributed by atoms with E-state index in [2.05, 4.69) is 11.9 Å². The van der Waals surface area contributed by atoms with Crippen LogP contribution in [-0.2, 0) is 24.4 Å². The van der Waals surface area contributed by atoms with Gasteiger partial charge in [-0.05, 0) is 24.1 Å². The highest BCUT2D eigenvalue weighted by atomic mass is 16.5. The Bertz CT molecular complexity index is 1520. The van der Waals surface area contributed by atoms with Gasteiger partial charge in [-0.25, -0.2) is 9.78 Å². The van der Waals surface area contributed by atoms with Crippen molar-refractivity contribution in [2.75, 3.05) is 11.4 Å². The molecule has 4 aromatic rings. The number of hydrogen-bond donors (Lipinski definition) is 2. The summed E-state index contributed by atoms with van der Waals surface area (Å²) in [6.45, 7) is 3.48. The average molecular weight is 489 g/mol. The summed E-state index contributed by atoms with van der Waals surface area (Å²) in [6.07, 6.45) is 0.942. The largest absolute Gasteiger partial charge is 0.477 e. The van der Waals surface area contributed by atoms with Crippen molar-refractivity contribution in [3.05, 3.63) is 86.8 Å². The summed E-state index contributed by atoms with van der Waals surface area (Å²) >= 11 is 0. The second-order valence-electron chi connectivity index (χ2n) is 8.89. The van der Waals surface area contributed by atoms with E-state index in [-0.39, 0.29) is 13.1 Å². The molecule has 0 saturated carbocycles. The van der Waals surface area contributed by atoms with E-state index < -0.39 is 23.3 Å². The first-order valence-corrected chi connectivity index (χ1v) is 12.0. The van der Waals surface area contributed by atoms with Crippen molar-refractivity contribution >= 4 is 22.8 Å². The molecule has 10 nitrogen and oxygen atoms in total. The number of hydrogen-bond acceptors (Lipinski definition) is 6. The van der Waals surface area contributed by atoms with Gasteiger partial charge in [-0.15, -0.1) is 0 Å². The normalized spacial score (nSPS) is 15.0. The average Bonchev–Trinajstić information content (AvgIpc) is 3.24. The summed E-state index contributed by atoms with van der Waals surface area (Å²) in [4.78, 5) is 47.1. The number of nitrogens with two attached hydrogens (primary N) is 1. The minimum absolute atomic E-state index is 0.247. The van der Waals surface area contributed by atoms with Crippen molar-refractivity contribution in [2.45, 2.75) is 45.5 Å². The molecule has 0 unspecified atom stereocenters. The molecule has 0 bridgehead atoms.